The number of benzene rings is 3. The molecule has 1 fully saturated rings. The smallest absolute Gasteiger partial charge is 0.226 e. The standard InChI is InChI=1S/C37H44ClN5O4Si/c1-24-29(46-34(31(24)47-48(6,7)36(2,3)4)43-23-40-30-32(39)41-35(38)42-33(30)43)22-45-37(25-14-10-8-11-15-25,26-16-12-9-13-17-26)27-18-20-28(44-5)21-19-27/h8-21,23-24,29,31,34H,22H2,1-7H3,(H2,39,41,42)/t24-,29+,31+,34+/m0/s1. The van der Waals surface area contributed by atoms with Gasteiger partial charge in [0, 0.05) is 5.92 Å². The average Bonchev–Trinajstić information content (AvgIpc) is 3.62. The molecule has 48 heavy (non-hydrogen) atoms. The quantitative estimate of drug-likeness (QED) is 0.0896. The minimum Gasteiger partial charge on any atom is -0.497 e. The van der Waals surface area contributed by atoms with Gasteiger partial charge in [-0.05, 0) is 58.6 Å². The van der Waals surface area contributed by atoms with Crippen molar-refractivity contribution in [3.05, 3.63) is 113 Å². The number of ether oxygens (including phenoxy) is 3. The Balaban J connectivity index is 1.43. The molecule has 3 aromatic carbocycles. The first-order valence-corrected chi connectivity index (χ1v) is 19.5. The van der Waals surface area contributed by atoms with Crippen LogP contribution in [0.4, 0.5) is 5.82 Å². The van der Waals surface area contributed by atoms with Crippen LogP contribution in [0, 0.1) is 5.92 Å². The van der Waals surface area contributed by atoms with Crippen LogP contribution in [-0.2, 0) is 19.5 Å². The van der Waals surface area contributed by atoms with Crippen molar-refractivity contribution in [2.24, 2.45) is 5.92 Å². The van der Waals surface area contributed by atoms with Gasteiger partial charge in [0.2, 0.25) is 5.28 Å². The zero-order chi connectivity index (χ0) is 34.3. The van der Waals surface area contributed by atoms with E-state index in [9.17, 15) is 0 Å². The molecule has 0 saturated carbocycles. The van der Waals surface area contributed by atoms with Gasteiger partial charge in [0.05, 0.1) is 32.3 Å². The lowest BCUT2D eigenvalue weighted by atomic mass is 9.80. The van der Waals surface area contributed by atoms with Crippen LogP contribution < -0.4 is 10.5 Å². The van der Waals surface area contributed by atoms with Crippen LogP contribution in [0.1, 0.15) is 50.6 Å². The molecule has 0 amide bonds. The molecule has 6 rings (SSSR count). The number of hydrogen-bond acceptors (Lipinski definition) is 8. The number of methoxy groups -OCH3 is 1. The van der Waals surface area contributed by atoms with E-state index in [1.165, 1.54) is 0 Å². The molecule has 5 aromatic rings. The molecule has 0 bridgehead atoms. The van der Waals surface area contributed by atoms with Crippen LogP contribution in [0.15, 0.2) is 91.3 Å². The number of fused-ring (bicyclic) bond motifs is 1. The van der Waals surface area contributed by atoms with Gasteiger partial charge in [-0.15, -0.1) is 0 Å². The predicted molar refractivity (Wildman–Crippen MR) is 192 cm³/mol. The van der Waals surface area contributed by atoms with Gasteiger partial charge in [-0.25, -0.2) is 4.98 Å². The Morgan fingerprint density at radius 1 is 0.896 bits per heavy atom. The van der Waals surface area contributed by atoms with Crippen LogP contribution in [-0.4, -0.2) is 53.8 Å². The molecule has 3 heterocycles. The van der Waals surface area contributed by atoms with E-state index in [1.54, 1.807) is 13.4 Å². The molecular weight excluding hydrogens is 642 g/mol. The van der Waals surface area contributed by atoms with Crippen molar-refractivity contribution in [1.82, 2.24) is 19.5 Å². The molecule has 1 aliphatic heterocycles. The van der Waals surface area contributed by atoms with Gasteiger partial charge >= 0.3 is 0 Å². The van der Waals surface area contributed by atoms with Crippen molar-refractivity contribution in [2.75, 3.05) is 19.5 Å². The Hall–Kier alpha value is -3.80. The van der Waals surface area contributed by atoms with Crippen molar-refractivity contribution >= 4 is 36.9 Å². The number of imidazole rings is 1. The third kappa shape index (κ3) is 6.23. The fraction of sp³-hybridized carbons (Fsp3) is 0.378. The summed E-state index contributed by atoms with van der Waals surface area (Å²) in [5.41, 5.74) is 9.18. The molecule has 2 N–H and O–H groups in total. The zero-order valence-corrected chi connectivity index (χ0v) is 30.3. The summed E-state index contributed by atoms with van der Waals surface area (Å²) < 4.78 is 28.7. The normalized spacial score (nSPS) is 20.3. The fourth-order valence-electron chi connectivity index (χ4n) is 6.17. The highest BCUT2D eigenvalue weighted by Crippen LogP contribution is 2.46. The lowest BCUT2D eigenvalue weighted by molar-refractivity contribution is -0.0870. The highest BCUT2D eigenvalue weighted by atomic mass is 35.5. The minimum atomic E-state index is -2.26. The largest absolute Gasteiger partial charge is 0.497 e. The lowest BCUT2D eigenvalue weighted by Gasteiger charge is -2.40. The number of rotatable bonds is 10. The van der Waals surface area contributed by atoms with Gasteiger partial charge in [-0.2, -0.15) is 9.97 Å². The van der Waals surface area contributed by atoms with E-state index in [0.29, 0.717) is 11.2 Å². The zero-order valence-electron chi connectivity index (χ0n) is 28.6. The second-order valence-corrected chi connectivity index (χ2v) is 19.0. The molecule has 1 aliphatic rings. The molecule has 9 nitrogen and oxygen atoms in total. The second-order valence-electron chi connectivity index (χ2n) is 13.9. The molecule has 11 heteroatoms. The third-order valence-electron chi connectivity index (χ3n) is 9.95. The highest BCUT2D eigenvalue weighted by Gasteiger charge is 2.50. The topological polar surface area (TPSA) is 107 Å². The summed E-state index contributed by atoms with van der Waals surface area (Å²) in [6.45, 7) is 13.7. The van der Waals surface area contributed by atoms with Gasteiger partial charge in [0.15, 0.2) is 26.0 Å². The fourth-order valence-corrected chi connectivity index (χ4v) is 7.71. The van der Waals surface area contributed by atoms with Crippen LogP contribution in [0.25, 0.3) is 11.2 Å². The number of aromatic nitrogens is 4. The third-order valence-corrected chi connectivity index (χ3v) is 14.6. The van der Waals surface area contributed by atoms with Crippen LogP contribution in [0.2, 0.25) is 23.4 Å². The van der Waals surface area contributed by atoms with Crippen molar-refractivity contribution in [3.8, 4) is 5.75 Å². The van der Waals surface area contributed by atoms with Gasteiger partial charge in [-0.3, -0.25) is 4.57 Å². The van der Waals surface area contributed by atoms with Gasteiger partial charge in [-0.1, -0.05) is 100 Å². The Morgan fingerprint density at radius 3 is 2.04 bits per heavy atom. The predicted octanol–water partition coefficient (Wildman–Crippen LogP) is 8.00. The Kier molecular flexibility index (Phi) is 9.40. The SMILES string of the molecule is COc1ccc(C(OC[C@H]2O[C@@H](n3cnc4c(N)nc(Cl)nc43)[C@H](O[Si](C)(C)C(C)(C)C)[C@H]2C)(c2ccccc2)c2ccccc2)cc1. The van der Waals surface area contributed by atoms with E-state index in [2.05, 4.69) is 92.1 Å². The van der Waals surface area contributed by atoms with Crippen LogP contribution >= 0.6 is 11.6 Å². The van der Waals surface area contributed by atoms with E-state index in [1.807, 2.05) is 53.1 Å². The molecule has 0 spiro atoms. The van der Waals surface area contributed by atoms with Crippen molar-refractivity contribution in [1.29, 1.82) is 0 Å². The maximum Gasteiger partial charge on any atom is 0.226 e. The second kappa shape index (κ2) is 13.2. The first-order chi connectivity index (χ1) is 22.9. The van der Waals surface area contributed by atoms with E-state index in [4.69, 9.17) is 36.0 Å². The van der Waals surface area contributed by atoms with Crippen molar-refractivity contribution in [2.45, 2.75) is 69.9 Å². The molecule has 252 valence electrons. The lowest BCUT2D eigenvalue weighted by Crippen LogP contribution is -2.47. The molecule has 0 aliphatic carbocycles. The van der Waals surface area contributed by atoms with Gasteiger partial charge in [0.25, 0.3) is 0 Å². The summed E-state index contributed by atoms with van der Waals surface area (Å²) in [5.74, 6) is 0.926. The van der Waals surface area contributed by atoms with Gasteiger partial charge in [0.1, 0.15) is 16.9 Å². The highest BCUT2D eigenvalue weighted by molar-refractivity contribution is 6.74. The number of halogens is 1. The molecular formula is C37H44ClN5O4Si. The van der Waals surface area contributed by atoms with E-state index >= 15 is 0 Å². The van der Waals surface area contributed by atoms with E-state index in [0.717, 1.165) is 22.4 Å². The van der Waals surface area contributed by atoms with Crippen LogP contribution in [0.3, 0.4) is 0 Å². The molecule has 1 saturated heterocycles. The molecule has 2 aromatic heterocycles. The average molecular weight is 686 g/mol. The number of nitrogens with two attached hydrogens (primary N) is 1. The Bertz CT molecular complexity index is 1810. The van der Waals surface area contributed by atoms with Gasteiger partial charge < -0.3 is 24.4 Å². The van der Waals surface area contributed by atoms with E-state index < -0.39 is 20.1 Å². The number of anilines is 1. The first-order valence-electron chi connectivity index (χ1n) is 16.2. The van der Waals surface area contributed by atoms with Crippen molar-refractivity contribution in [3.63, 3.8) is 0 Å². The monoisotopic (exact) mass is 685 g/mol. The summed E-state index contributed by atoms with van der Waals surface area (Å²) in [6, 6.07) is 28.7. The summed E-state index contributed by atoms with van der Waals surface area (Å²) in [4.78, 5) is 13.1. The summed E-state index contributed by atoms with van der Waals surface area (Å²) in [6.07, 6.45) is 0.462. The minimum absolute atomic E-state index is 0.0249. The maximum atomic E-state index is 7.25. The summed E-state index contributed by atoms with van der Waals surface area (Å²) in [7, 11) is -0.592. The molecule has 0 radical (unpaired) electrons. The van der Waals surface area contributed by atoms with Crippen molar-refractivity contribution < 1.29 is 18.6 Å². The molecule has 0 unspecified atom stereocenters. The molecule has 4 atom stereocenters. The summed E-state index contributed by atoms with van der Waals surface area (Å²) in [5, 5.41) is 0.0210. The first kappa shape index (κ1) is 34.1. The van der Waals surface area contributed by atoms with Crippen LogP contribution in [0.5, 0.6) is 5.75 Å². The van der Waals surface area contributed by atoms with E-state index in [-0.39, 0.29) is 40.9 Å². The maximum absolute atomic E-state index is 7.25. The number of nitrogen functional groups attached to an aromatic ring is 1. The summed E-state index contributed by atoms with van der Waals surface area (Å²) >= 11 is 6.28. The number of nitrogens with zero attached hydrogens (tertiary/aromatic N) is 4. The number of hydrogen-bond donors (Lipinski definition) is 1. The Labute approximate surface area is 288 Å². The Morgan fingerprint density at radius 2 is 1.48 bits per heavy atom.